The Kier molecular flexibility index (Phi) is 4.50. The molecule has 2 N–H and O–H groups in total. The molecule has 1 unspecified atom stereocenters. The van der Waals surface area contributed by atoms with Crippen LogP contribution in [0.1, 0.15) is 24.3 Å². The number of nitrogens with two attached hydrogens (primary N) is 1. The number of likely N-dealkylation sites (N-methyl/N-ethyl adjacent to an activating group) is 1. The third-order valence-corrected chi connectivity index (χ3v) is 3.10. The molecule has 0 saturated carbocycles. The van der Waals surface area contributed by atoms with Crippen LogP contribution in [0.15, 0.2) is 47.3 Å². The summed E-state index contributed by atoms with van der Waals surface area (Å²) in [4.78, 5) is 6.34. The lowest BCUT2D eigenvalue weighted by Gasteiger charge is -2.29. The molecule has 1 atom stereocenters. The van der Waals surface area contributed by atoms with Crippen molar-refractivity contribution in [1.82, 2.24) is 9.88 Å². The highest BCUT2D eigenvalue weighted by Crippen LogP contribution is 2.21. The topological polar surface area (TPSA) is 55.3 Å². The normalized spacial score (nSPS) is 12.8. The van der Waals surface area contributed by atoms with Crippen molar-refractivity contribution in [3.8, 4) is 0 Å². The average molecular weight is 245 g/mol. The minimum absolute atomic E-state index is 0.197. The van der Waals surface area contributed by atoms with Gasteiger partial charge in [0.2, 0.25) is 0 Å². The number of aromatic nitrogens is 1. The van der Waals surface area contributed by atoms with E-state index >= 15 is 0 Å². The smallest absolute Gasteiger partial charge is 0.117 e. The molecule has 2 rings (SSSR count). The van der Waals surface area contributed by atoms with Gasteiger partial charge in [-0.3, -0.25) is 9.88 Å². The van der Waals surface area contributed by atoms with E-state index in [1.54, 1.807) is 18.7 Å². The second-order valence-corrected chi connectivity index (χ2v) is 4.17. The largest absolute Gasteiger partial charge is 0.468 e. The third kappa shape index (κ3) is 2.97. The summed E-state index contributed by atoms with van der Waals surface area (Å²) < 4.78 is 5.40. The minimum atomic E-state index is 0.197. The molecular weight excluding hydrogens is 226 g/mol. The standard InChI is InChI=1S/C14H19N3O/c1-2-17(11-13-4-3-9-18-13)14(10-15)12-5-7-16-8-6-12/h3-9,14H,2,10-11,15H2,1H3. The Hall–Kier alpha value is -1.65. The van der Waals surface area contributed by atoms with Crippen LogP contribution < -0.4 is 5.73 Å². The number of hydrogen-bond donors (Lipinski definition) is 1. The van der Waals surface area contributed by atoms with E-state index in [0.717, 1.165) is 18.8 Å². The van der Waals surface area contributed by atoms with Gasteiger partial charge in [0, 0.05) is 25.0 Å². The highest BCUT2D eigenvalue weighted by Gasteiger charge is 2.18. The monoisotopic (exact) mass is 245 g/mol. The molecule has 4 heteroatoms. The molecule has 0 aromatic carbocycles. The maximum Gasteiger partial charge on any atom is 0.117 e. The summed E-state index contributed by atoms with van der Waals surface area (Å²) in [5, 5.41) is 0. The van der Waals surface area contributed by atoms with E-state index in [1.165, 1.54) is 5.56 Å². The van der Waals surface area contributed by atoms with Crippen molar-refractivity contribution in [1.29, 1.82) is 0 Å². The van der Waals surface area contributed by atoms with Crippen molar-refractivity contribution in [3.05, 3.63) is 54.2 Å². The highest BCUT2D eigenvalue weighted by atomic mass is 16.3. The van der Waals surface area contributed by atoms with Crippen LogP contribution in [0.5, 0.6) is 0 Å². The molecular formula is C14H19N3O. The van der Waals surface area contributed by atoms with E-state index in [2.05, 4.69) is 16.8 Å². The van der Waals surface area contributed by atoms with E-state index in [9.17, 15) is 0 Å². The van der Waals surface area contributed by atoms with Crippen LogP contribution in [0.4, 0.5) is 0 Å². The lowest BCUT2D eigenvalue weighted by molar-refractivity contribution is 0.188. The zero-order chi connectivity index (χ0) is 12.8. The van der Waals surface area contributed by atoms with Crippen LogP contribution in [0.25, 0.3) is 0 Å². The van der Waals surface area contributed by atoms with Gasteiger partial charge in [-0.25, -0.2) is 0 Å². The van der Waals surface area contributed by atoms with Crippen molar-refractivity contribution >= 4 is 0 Å². The summed E-state index contributed by atoms with van der Waals surface area (Å²) in [6.07, 6.45) is 5.31. The third-order valence-electron chi connectivity index (χ3n) is 3.10. The van der Waals surface area contributed by atoms with Crippen LogP contribution in [0, 0.1) is 0 Å². The summed E-state index contributed by atoms with van der Waals surface area (Å²) in [6, 6.07) is 8.13. The minimum Gasteiger partial charge on any atom is -0.468 e. The molecule has 2 aromatic rings. The molecule has 4 nitrogen and oxygen atoms in total. The molecule has 0 aliphatic heterocycles. The van der Waals surface area contributed by atoms with Gasteiger partial charge in [-0.2, -0.15) is 0 Å². The second kappa shape index (κ2) is 6.33. The molecule has 2 heterocycles. The molecule has 0 amide bonds. The van der Waals surface area contributed by atoms with Gasteiger partial charge >= 0.3 is 0 Å². The van der Waals surface area contributed by atoms with Crippen LogP contribution in [-0.4, -0.2) is 23.0 Å². The lowest BCUT2D eigenvalue weighted by Crippen LogP contribution is -2.33. The highest BCUT2D eigenvalue weighted by molar-refractivity contribution is 5.16. The Morgan fingerprint density at radius 1 is 1.33 bits per heavy atom. The molecule has 0 radical (unpaired) electrons. The summed E-state index contributed by atoms with van der Waals surface area (Å²) in [5.41, 5.74) is 7.11. The molecule has 96 valence electrons. The fourth-order valence-corrected chi connectivity index (χ4v) is 2.13. The average Bonchev–Trinajstić information content (AvgIpc) is 2.92. The van der Waals surface area contributed by atoms with E-state index < -0.39 is 0 Å². The van der Waals surface area contributed by atoms with Crippen LogP contribution in [-0.2, 0) is 6.54 Å². The molecule has 18 heavy (non-hydrogen) atoms. The molecule has 2 aromatic heterocycles. The molecule has 0 bridgehead atoms. The SMILES string of the molecule is CCN(Cc1ccco1)C(CN)c1ccncc1. The number of pyridine rings is 1. The van der Waals surface area contributed by atoms with Gasteiger partial charge in [-0.15, -0.1) is 0 Å². The quantitative estimate of drug-likeness (QED) is 0.847. The van der Waals surface area contributed by atoms with E-state index in [-0.39, 0.29) is 6.04 Å². The summed E-state index contributed by atoms with van der Waals surface area (Å²) in [6.45, 7) is 4.41. The fraction of sp³-hybridized carbons (Fsp3) is 0.357. The molecule has 0 fully saturated rings. The molecule has 0 aliphatic rings. The first-order valence-electron chi connectivity index (χ1n) is 6.21. The Bertz CT molecular complexity index is 441. The summed E-state index contributed by atoms with van der Waals surface area (Å²) in [5.74, 6) is 0.962. The molecule has 0 spiro atoms. The van der Waals surface area contributed by atoms with Gasteiger partial charge in [0.1, 0.15) is 5.76 Å². The summed E-state index contributed by atoms with van der Waals surface area (Å²) in [7, 11) is 0. The maximum atomic E-state index is 5.92. The van der Waals surface area contributed by atoms with Gasteiger partial charge in [-0.05, 0) is 36.4 Å². The van der Waals surface area contributed by atoms with E-state index in [4.69, 9.17) is 10.2 Å². The maximum absolute atomic E-state index is 5.92. The Labute approximate surface area is 107 Å². The van der Waals surface area contributed by atoms with Crippen molar-refractivity contribution < 1.29 is 4.42 Å². The van der Waals surface area contributed by atoms with E-state index in [0.29, 0.717) is 6.54 Å². The molecule has 0 saturated heterocycles. The number of hydrogen-bond acceptors (Lipinski definition) is 4. The predicted molar refractivity (Wildman–Crippen MR) is 70.8 cm³/mol. The van der Waals surface area contributed by atoms with Gasteiger partial charge in [0.25, 0.3) is 0 Å². The van der Waals surface area contributed by atoms with Crippen LogP contribution >= 0.6 is 0 Å². The van der Waals surface area contributed by atoms with Crippen LogP contribution in [0.2, 0.25) is 0 Å². The Morgan fingerprint density at radius 2 is 2.11 bits per heavy atom. The Balaban J connectivity index is 2.14. The number of furan rings is 1. The number of nitrogens with zero attached hydrogens (tertiary/aromatic N) is 2. The van der Waals surface area contributed by atoms with Crippen molar-refractivity contribution in [2.75, 3.05) is 13.1 Å². The van der Waals surface area contributed by atoms with Crippen molar-refractivity contribution in [2.24, 2.45) is 5.73 Å². The van der Waals surface area contributed by atoms with Gasteiger partial charge < -0.3 is 10.2 Å². The zero-order valence-corrected chi connectivity index (χ0v) is 10.6. The molecule has 0 aliphatic carbocycles. The van der Waals surface area contributed by atoms with Crippen molar-refractivity contribution in [2.45, 2.75) is 19.5 Å². The van der Waals surface area contributed by atoms with Crippen molar-refractivity contribution in [3.63, 3.8) is 0 Å². The summed E-state index contributed by atoms with van der Waals surface area (Å²) >= 11 is 0. The van der Waals surface area contributed by atoms with Gasteiger partial charge in [0.05, 0.1) is 12.8 Å². The van der Waals surface area contributed by atoms with Gasteiger partial charge in [-0.1, -0.05) is 6.92 Å². The first kappa shape index (κ1) is 12.8. The Morgan fingerprint density at radius 3 is 2.67 bits per heavy atom. The second-order valence-electron chi connectivity index (χ2n) is 4.17. The lowest BCUT2D eigenvalue weighted by atomic mass is 10.1. The fourth-order valence-electron chi connectivity index (χ4n) is 2.13. The zero-order valence-electron chi connectivity index (χ0n) is 10.6. The first-order valence-corrected chi connectivity index (χ1v) is 6.21. The van der Waals surface area contributed by atoms with E-state index in [1.807, 2.05) is 24.3 Å². The van der Waals surface area contributed by atoms with Gasteiger partial charge in [0.15, 0.2) is 0 Å². The van der Waals surface area contributed by atoms with Crippen LogP contribution in [0.3, 0.4) is 0 Å². The number of rotatable bonds is 6. The predicted octanol–water partition coefficient (Wildman–Crippen LogP) is 2.20. The first-order chi connectivity index (χ1) is 8.85.